The summed E-state index contributed by atoms with van der Waals surface area (Å²) in [6.45, 7) is 2.62. The molecule has 2 aromatic carbocycles. The Morgan fingerprint density at radius 1 is 1.12 bits per heavy atom. The first kappa shape index (κ1) is 17.8. The molecule has 3 N–H and O–H groups in total. The van der Waals surface area contributed by atoms with Crippen molar-refractivity contribution in [2.75, 3.05) is 11.9 Å². The maximum Gasteiger partial charge on any atom is 0.319 e. The summed E-state index contributed by atoms with van der Waals surface area (Å²) in [7, 11) is 0. The van der Waals surface area contributed by atoms with E-state index in [1.54, 1.807) is 6.92 Å². The fourth-order valence-electron chi connectivity index (χ4n) is 2.21. The lowest BCUT2D eigenvalue weighted by Crippen LogP contribution is -2.41. The van der Waals surface area contributed by atoms with Gasteiger partial charge in [-0.1, -0.05) is 6.07 Å². The highest BCUT2D eigenvalue weighted by Gasteiger charge is 2.27. The lowest BCUT2D eigenvalue weighted by atomic mass is 9.95. The number of urea groups is 1. The van der Waals surface area contributed by atoms with Crippen LogP contribution in [0, 0.1) is 24.4 Å². The first-order chi connectivity index (χ1) is 11.2. The quantitative estimate of drug-likeness (QED) is 0.800. The van der Waals surface area contributed by atoms with Gasteiger partial charge in [0, 0.05) is 17.3 Å². The number of anilines is 1. The molecule has 4 nitrogen and oxygen atoms in total. The molecule has 0 aromatic heterocycles. The van der Waals surface area contributed by atoms with E-state index in [0.717, 1.165) is 12.1 Å². The third-order valence-corrected chi connectivity index (χ3v) is 3.54. The highest BCUT2D eigenvalue weighted by atomic mass is 19.1. The summed E-state index contributed by atoms with van der Waals surface area (Å²) in [5.74, 6) is -2.09. The van der Waals surface area contributed by atoms with E-state index >= 15 is 0 Å². The third kappa shape index (κ3) is 4.26. The molecule has 0 aliphatic carbocycles. The highest BCUT2D eigenvalue weighted by Crippen LogP contribution is 2.23. The number of halogens is 3. The van der Waals surface area contributed by atoms with E-state index in [0.29, 0.717) is 17.3 Å². The van der Waals surface area contributed by atoms with E-state index in [-0.39, 0.29) is 12.1 Å². The molecule has 24 heavy (non-hydrogen) atoms. The fraction of sp³-hybridized carbons (Fsp3) is 0.235. The predicted molar refractivity (Wildman–Crippen MR) is 84.1 cm³/mol. The minimum absolute atomic E-state index is 0.137. The number of rotatable bonds is 4. The van der Waals surface area contributed by atoms with Gasteiger partial charge in [0.05, 0.1) is 6.54 Å². The van der Waals surface area contributed by atoms with Crippen LogP contribution in [0.3, 0.4) is 0 Å². The second kappa shape index (κ2) is 6.92. The first-order valence-corrected chi connectivity index (χ1v) is 7.18. The minimum atomic E-state index is -1.73. The molecule has 0 spiro atoms. The highest BCUT2D eigenvalue weighted by molar-refractivity contribution is 5.90. The SMILES string of the molecule is Cc1cc(F)ccc1NC(=O)NCC(C)(O)c1ccc(F)cc1F. The van der Waals surface area contributed by atoms with Gasteiger partial charge in [-0.05, 0) is 43.7 Å². The molecular formula is C17H17F3N2O2. The topological polar surface area (TPSA) is 61.4 Å². The third-order valence-electron chi connectivity index (χ3n) is 3.54. The number of benzene rings is 2. The Balaban J connectivity index is 2.02. The molecule has 2 rings (SSSR count). The molecule has 0 aliphatic rings. The van der Waals surface area contributed by atoms with Crippen LogP contribution in [0.4, 0.5) is 23.7 Å². The van der Waals surface area contributed by atoms with Crippen LogP contribution in [0.2, 0.25) is 0 Å². The van der Waals surface area contributed by atoms with Gasteiger partial charge in [-0.15, -0.1) is 0 Å². The Hall–Kier alpha value is -2.54. The molecule has 0 saturated heterocycles. The zero-order valence-electron chi connectivity index (χ0n) is 13.2. The standard InChI is InChI=1S/C17H17F3N2O2/c1-10-7-11(18)4-6-15(10)22-16(23)21-9-17(2,24)13-5-3-12(19)8-14(13)20/h3-8,24H,9H2,1-2H3,(H2,21,22,23). The van der Waals surface area contributed by atoms with Crippen LogP contribution in [0.5, 0.6) is 0 Å². The fourth-order valence-corrected chi connectivity index (χ4v) is 2.21. The van der Waals surface area contributed by atoms with Crippen LogP contribution < -0.4 is 10.6 Å². The predicted octanol–water partition coefficient (Wildman–Crippen LogP) is 3.44. The minimum Gasteiger partial charge on any atom is -0.383 e. The van der Waals surface area contributed by atoms with Crippen molar-refractivity contribution in [3.8, 4) is 0 Å². The normalized spacial score (nSPS) is 13.2. The van der Waals surface area contributed by atoms with Gasteiger partial charge in [0.25, 0.3) is 0 Å². The molecule has 2 amide bonds. The van der Waals surface area contributed by atoms with E-state index in [1.165, 1.54) is 25.1 Å². The molecule has 7 heteroatoms. The zero-order valence-corrected chi connectivity index (χ0v) is 13.2. The Morgan fingerprint density at radius 3 is 2.38 bits per heavy atom. The van der Waals surface area contributed by atoms with Crippen LogP contribution in [-0.2, 0) is 5.60 Å². The summed E-state index contributed by atoms with van der Waals surface area (Å²) >= 11 is 0. The van der Waals surface area contributed by atoms with Gasteiger partial charge in [-0.3, -0.25) is 0 Å². The molecule has 0 radical (unpaired) electrons. The molecular weight excluding hydrogens is 321 g/mol. The average Bonchev–Trinajstić information content (AvgIpc) is 2.48. The number of nitrogens with one attached hydrogen (secondary N) is 2. The zero-order chi connectivity index (χ0) is 17.9. The van der Waals surface area contributed by atoms with Crippen LogP contribution in [0.1, 0.15) is 18.1 Å². The molecule has 0 bridgehead atoms. The lowest BCUT2D eigenvalue weighted by molar-refractivity contribution is 0.0561. The summed E-state index contributed by atoms with van der Waals surface area (Å²) in [4.78, 5) is 11.9. The summed E-state index contributed by atoms with van der Waals surface area (Å²) < 4.78 is 39.7. The van der Waals surface area contributed by atoms with Crippen molar-refractivity contribution in [2.45, 2.75) is 19.4 Å². The molecule has 1 unspecified atom stereocenters. The number of amides is 2. The van der Waals surface area contributed by atoms with E-state index < -0.39 is 29.1 Å². The van der Waals surface area contributed by atoms with Crippen molar-refractivity contribution < 1.29 is 23.1 Å². The van der Waals surface area contributed by atoms with Crippen molar-refractivity contribution in [2.24, 2.45) is 0 Å². The number of hydrogen-bond donors (Lipinski definition) is 3. The summed E-state index contributed by atoms with van der Waals surface area (Å²) in [6, 6.07) is 6.02. The van der Waals surface area contributed by atoms with Crippen molar-refractivity contribution in [1.82, 2.24) is 5.32 Å². The Bertz CT molecular complexity index is 763. The van der Waals surface area contributed by atoms with Crippen LogP contribution >= 0.6 is 0 Å². The van der Waals surface area contributed by atoms with E-state index in [9.17, 15) is 23.1 Å². The van der Waals surface area contributed by atoms with Crippen LogP contribution in [-0.4, -0.2) is 17.7 Å². The van der Waals surface area contributed by atoms with Gasteiger partial charge < -0.3 is 15.7 Å². The van der Waals surface area contributed by atoms with E-state index in [2.05, 4.69) is 10.6 Å². The van der Waals surface area contributed by atoms with E-state index in [1.807, 2.05) is 0 Å². The number of aryl methyl sites for hydroxylation is 1. The Kier molecular flexibility index (Phi) is 5.14. The van der Waals surface area contributed by atoms with Crippen molar-refractivity contribution in [3.63, 3.8) is 0 Å². The van der Waals surface area contributed by atoms with Crippen molar-refractivity contribution >= 4 is 11.7 Å². The molecule has 0 aliphatic heterocycles. The molecule has 0 saturated carbocycles. The molecule has 2 aromatic rings. The van der Waals surface area contributed by atoms with Gasteiger partial charge >= 0.3 is 6.03 Å². The van der Waals surface area contributed by atoms with Gasteiger partial charge in [0.15, 0.2) is 0 Å². The van der Waals surface area contributed by atoms with E-state index in [4.69, 9.17) is 0 Å². The second-order valence-electron chi connectivity index (χ2n) is 5.66. The van der Waals surface area contributed by atoms with Crippen molar-refractivity contribution in [3.05, 3.63) is 65.0 Å². The molecule has 0 fully saturated rings. The summed E-state index contributed by atoms with van der Waals surface area (Å²) in [5, 5.41) is 15.2. The van der Waals surface area contributed by atoms with Crippen LogP contribution in [0.25, 0.3) is 0 Å². The number of carbonyl (C=O) groups is 1. The number of hydrogen-bond acceptors (Lipinski definition) is 2. The summed E-state index contributed by atoms with van der Waals surface area (Å²) in [5.41, 5.74) is -0.933. The van der Waals surface area contributed by atoms with Crippen molar-refractivity contribution in [1.29, 1.82) is 0 Å². The van der Waals surface area contributed by atoms with Gasteiger partial charge in [-0.2, -0.15) is 0 Å². The Morgan fingerprint density at radius 2 is 1.75 bits per heavy atom. The van der Waals surface area contributed by atoms with Gasteiger partial charge in [-0.25, -0.2) is 18.0 Å². The second-order valence-corrected chi connectivity index (χ2v) is 5.66. The average molecular weight is 338 g/mol. The van der Waals surface area contributed by atoms with Crippen LogP contribution in [0.15, 0.2) is 36.4 Å². The monoisotopic (exact) mass is 338 g/mol. The van der Waals surface area contributed by atoms with Gasteiger partial charge in [0.1, 0.15) is 23.1 Å². The number of carbonyl (C=O) groups excluding carboxylic acids is 1. The Labute approximate surface area is 137 Å². The molecule has 128 valence electrons. The lowest BCUT2D eigenvalue weighted by Gasteiger charge is -2.25. The number of aliphatic hydroxyl groups is 1. The molecule has 1 atom stereocenters. The van der Waals surface area contributed by atoms with Gasteiger partial charge in [0.2, 0.25) is 0 Å². The maximum absolute atomic E-state index is 13.7. The summed E-state index contributed by atoms with van der Waals surface area (Å²) in [6.07, 6.45) is 0. The largest absolute Gasteiger partial charge is 0.383 e. The maximum atomic E-state index is 13.7. The smallest absolute Gasteiger partial charge is 0.319 e. The first-order valence-electron chi connectivity index (χ1n) is 7.18. The molecule has 0 heterocycles.